The maximum Gasteiger partial charge on any atom is 0.228 e. The number of guanidine groups is 1. The Balaban J connectivity index is 1.77. The first kappa shape index (κ1) is 23.6. The molecule has 2 rings (SSSR count). The highest BCUT2D eigenvalue weighted by atomic mass is 32.2. The van der Waals surface area contributed by atoms with Crippen LogP contribution in [0, 0.1) is 0 Å². The molecule has 1 aromatic rings. The molecule has 29 heavy (non-hydrogen) atoms. The van der Waals surface area contributed by atoms with Gasteiger partial charge in [0.05, 0.1) is 18.5 Å². The zero-order valence-electron chi connectivity index (χ0n) is 18.1. The van der Waals surface area contributed by atoms with Crippen LogP contribution in [0.2, 0.25) is 0 Å². The summed E-state index contributed by atoms with van der Waals surface area (Å²) in [6.07, 6.45) is 0.628. The van der Waals surface area contributed by atoms with E-state index in [1.807, 2.05) is 27.7 Å². The Morgan fingerprint density at radius 3 is 2.48 bits per heavy atom. The van der Waals surface area contributed by atoms with Crippen molar-refractivity contribution in [1.82, 2.24) is 24.7 Å². The number of hydrogen-bond acceptors (Lipinski definition) is 7. The van der Waals surface area contributed by atoms with Crippen LogP contribution in [0.4, 0.5) is 0 Å². The van der Waals surface area contributed by atoms with Gasteiger partial charge < -0.3 is 19.5 Å². The molecule has 0 spiro atoms. The molecule has 0 amide bonds. The Bertz CT molecular complexity index is 754. The maximum atomic E-state index is 12.5. The van der Waals surface area contributed by atoms with Crippen LogP contribution >= 0.6 is 0 Å². The molecule has 0 aromatic carbocycles. The second-order valence-electron chi connectivity index (χ2n) is 7.55. The topological polar surface area (TPSA) is 113 Å². The van der Waals surface area contributed by atoms with Gasteiger partial charge in [-0.15, -0.1) is 0 Å². The predicted octanol–water partition coefficient (Wildman–Crippen LogP) is 0.683. The minimum atomic E-state index is -3.30. The summed E-state index contributed by atoms with van der Waals surface area (Å²) in [5.41, 5.74) is 0. The van der Waals surface area contributed by atoms with Gasteiger partial charge in [-0.1, -0.05) is 19.0 Å². The third kappa shape index (κ3) is 7.23. The molecule has 0 atom stereocenters. The summed E-state index contributed by atoms with van der Waals surface area (Å²) in [7, 11) is -1.58. The van der Waals surface area contributed by atoms with Gasteiger partial charge in [-0.05, 0) is 13.8 Å². The number of aliphatic imine (C=N–C) groups is 1. The van der Waals surface area contributed by atoms with Crippen molar-refractivity contribution >= 4 is 16.0 Å². The summed E-state index contributed by atoms with van der Waals surface area (Å²) in [6, 6.07) is 0. The van der Waals surface area contributed by atoms with E-state index in [-0.39, 0.29) is 24.4 Å². The van der Waals surface area contributed by atoms with Crippen molar-refractivity contribution in [3.63, 3.8) is 0 Å². The van der Waals surface area contributed by atoms with Crippen molar-refractivity contribution in [2.75, 3.05) is 52.1 Å². The van der Waals surface area contributed by atoms with Gasteiger partial charge in [-0.3, -0.25) is 4.99 Å². The van der Waals surface area contributed by atoms with Gasteiger partial charge in [0, 0.05) is 52.1 Å². The molecule has 0 radical (unpaired) electrons. The molecule has 11 heteroatoms. The number of rotatable bonds is 9. The third-order valence-electron chi connectivity index (χ3n) is 4.56. The van der Waals surface area contributed by atoms with Crippen molar-refractivity contribution < 1.29 is 17.7 Å². The van der Waals surface area contributed by atoms with Crippen molar-refractivity contribution in [2.24, 2.45) is 4.99 Å². The first-order valence-electron chi connectivity index (χ1n) is 10.1. The van der Waals surface area contributed by atoms with Gasteiger partial charge in [-0.25, -0.2) is 8.42 Å². The monoisotopic (exact) mass is 430 g/mol. The molecule has 1 aliphatic rings. The second kappa shape index (κ2) is 10.9. The average Bonchev–Trinajstić information content (AvgIpc) is 3.14. The lowest BCUT2D eigenvalue weighted by Gasteiger charge is -2.35. The van der Waals surface area contributed by atoms with E-state index in [1.165, 1.54) is 4.31 Å². The third-order valence-corrected chi connectivity index (χ3v) is 6.39. The number of sulfonamides is 1. The summed E-state index contributed by atoms with van der Waals surface area (Å²) >= 11 is 0. The van der Waals surface area contributed by atoms with Crippen LogP contribution in [0.15, 0.2) is 9.52 Å². The Kier molecular flexibility index (Phi) is 8.84. The minimum Gasteiger partial charge on any atom is -0.378 e. The SMILES string of the molecule is CN=C(NCCc1nc(C(C)C)no1)N1CCN(S(=O)(=O)CCOC(C)C)CC1. The van der Waals surface area contributed by atoms with E-state index in [0.717, 1.165) is 5.96 Å². The molecule has 1 aliphatic heterocycles. The summed E-state index contributed by atoms with van der Waals surface area (Å²) < 4.78 is 37.1. The zero-order valence-corrected chi connectivity index (χ0v) is 18.9. The first-order chi connectivity index (χ1) is 13.7. The highest BCUT2D eigenvalue weighted by Gasteiger charge is 2.28. The molecule has 1 fully saturated rings. The molecular weight excluding hydrogens is 396 g/mol. The fourth-order valence-corrected chi connectivity index (χ4v) is 4.20. The van der Waals surface area contributed by atoms with Crippen LogP contribution in [-0.2, 0) is 21.2 Å². The predicted molar refractivity (Wildman–Crippen MR) is 111 cm³/mol. The van der Waals surface area contributed by atoms with E-state index in [1.54, 1.807) is 7.05 Å². The van der Waals surface area contributed by atoms with Gasteiger partial charge in [-0.2, -0.15) is 9.29 Å². The Labute approximate surface area is 173 Å². The van der Waals surface area contributed by atoms with Gasteiger partial charge in [0.25, 0.3) is 0 Å². The van der Waals surface area contributed by atoms with Crippen LogP contribution in [-0.4, -0.2) is 92.0 Å². The van der Waals surface area contributed by atoms with E-state index in [2.05, 4.69) is 25.3 Å². The van der Waals surface area contributed by atoms with E-state index in [9.17, 15) is 8.42 Å². The fourth-order valence-electron chi connectivity index (χ4n) is 2.91. The smallest absolute Gasteiger partial charge is 0.228 e. The number of hydrogen-bond donors (Lipinski definition) is 1. The summed E-state index contributed by atoms with van der Waals surface area (Å²) in [5.74, 6) is 2.30. The van der Waals surface area contributed by atoms with Crippen LogP contribution in [0.5, 0.6) is 0 Å². The molecule has 1 saturated heterocycles. The standard InChI is InChI=1S/C18H34N6O4S/c1-14(2)17-21-16(28-22-17)6-7-20-18(19-5)23-8-10-24(11-9-23)29(25,26)13-12-27-15(3)4/h14-15H,6-13H2,1-5H3,(H,19,20). The number of ether oxygens (including phenoxy) is 1. The van der Waals surface area contributed by atoms with Crippen molar-refractivity contribution in [3.05, 3.63) is 11.7 Å². The van der Waals surface area contributed by atoms with Gasteiger partial charge in [0.1, 0.15) is 0 Å². The largest absolute Gasteiger partial charge is 0.378 e. The van der Waals surface area contributed by atoms with Crippen LogP contribution < -0.4 is 5.32 Å². The van der Waals surface area contributed by atoms with Gasteiger partial charge in [0.15, 0.2) is 11.8 Å². The molecule has 2 heterocycles. The molecular formula is C18H34N6O4S. The molecule has 0 saturated carbocycles. The number of piperazine rings is 1. The number of aromatic nitrogens is 2. The fraction of sp³-hybridized carbons (Fsp3) is 0.833. The Hall–Kier alpha value is -1.72. The zero-order chi connectivity index (χ0) is 21.4. The van der Waals surface area contributed by atoms with Crippen molar-refractivity contribution in [2.45, 2.75) is 46.1 Å². The van der Waals surface area contributed by atoms with Crippen LogP contribution in [0.1, 0.15) is 45.3 Å². The van der Waals surface area contributed by atoms with E-state index in [0.29, 0.717) is 50.9 Å². The molecule has 1 aromatic heterocycles. The first-order valence-corrected chi connectivity index (χ1v) is 11.7. The highest BCUT2D eigenvalue weighted by Crippen LogP contribution is 2.10. The van der Waals surface area contributed by atoms with Crippen LogP contribution in [0.3, 0.4) is 0 Å². The van der Waals surface area contributed by atoms with Gasteiger partial charge >= 0.3 is 0 Å². The molecule has 166 valence electrons. The Morgan fingerprint density at radius 1 is 1.24 bits per heavy atom. The second-order valence-corrected chi connectivity index (χ2v) is 9.64. The summed E-state index contributed by atoms with van der Waals surface area (Å²) in [5, 5.41) is 7.25. The maximum absolute atomic E-state index is 12.5. The van der Waals surface area contributed by atoms with E-state index in [4.69, 9.17) is 9.26 Å². The lowest BCUT2D eigenvalue weighted by Crippen LogP contribution is -2.54. The lowest BCUT2D eigenvalue weighted by atomic mass is 10.2. The molecule has 0 bridgehead atoms. The highest BCUT2D eigenvalue weighted by molar-refractivity contribution is 7.89. The van der Waals surface area contributed by atoms with E-state index >= 15 is 0 Å². The average molecular weight is 431 g/mol. The quantitative estimate of drug-likeness (QED) is 0.450. The normalized spacial score (nSPS) is 16.8. The molecule has 0 aliphatic carbocycles. The van der Waals surface area contributed by atoms with Gasteiger partial charge in [0.2, 0.25) is 15.9 Å². The minimum absolute atomic E-state index is 0.0146. The number of nitrogens with zero attached hydrogens (tertiary/aromatic N) is 5. The van der Waals surface area contributed by atoms with E-state index < -0.39 is 10.0 Å². The molecule has 0 unspecified atom stereocenters. The lowest BCUT2D eigenvalue weighted by molar-refractivity contribution is 0.0904. The Morgan fingerprint density at radius 2 is 1.93 bits per heavy atom. The number of nitrogens with one attached hydrogen (secondary N) is 1. The molecule has 1 N–H and O–H groups in total. The van der Waals surface area contributed by atoms with Crippen molar-refractivity contribution in [3.8, 4) is 0 Å². The summed E-state index contributed by atoms with van der Waals surface area (Å²) in [4.78, 5) is 10.7. The summed E-state index contributed by atoms with van der Waals surface area (Å²) in [6.45, 7) is 10.7. The van der Waals surface area contributed by atoms with Crippen LogP contribution in [0.25, 0.3) is 0 Å². The molecule has 10 nitrogen and oxygen atoms in total. The van der Waals surface area contributed by atoms with Crippen molar-refractivity contribution in [1.29, 1.82) is 0 Å².